The highest BCUT2D eigenvalue weighted by molar-refractivity contribution is 5.86. The third kappa shape index (κ3) is 5.27. The van der Waals surface area contributed by atoms with Crippen LogP contribution in [0.15, 0.2) is 52.4 Å². The summed E-state index contributed by atoms with van der Waals surface area (Å²) in [4.78, 5) is 41.4. The number of rotatable bonds is 8. The van der Waals surface area contributed by atoms with Crippen molar-refractivity contribution in [2.75, 3.05) is 6.61 Å². The van der Waals surface area contributed by atoms with Gasteiger partial charge in [0.25, 0.3) is 5.56 Å². The molecule has 0 aliphatic heterocycles. The first kappa shape index (κ1) is 25.0. The molecule has 1 atom stereocenters. The van der Waals surface area contributed by atoms with Crippen LogP contribution in [0.1, 0.15) is 63.3 Å². The predicted molar refractivity (Wildman–Crippen MR) is 135 cm³/mol. The Morgan fingerprint density at radius 3 is 2.69 bits per heavy atom. The van der Waals surface area contributed by atoms with Crippen molar-refractivity contribution in [2.45, 2.75) is 58.0 Å². The summed E-state index contributed by atoms with van der Waals surface area (Å²) in [6, 6.07) is 11.5. The van der Waals surface area contributed by atoms with Crippen LogP contribution in [0.25, 0.3) is 10.9 Å². The fraction of sp³-hybridized carbons (Fsp3) is 0.385. The number of fused-ring (bicyclic) bond motifs is 1. The molecular weight excluding hydrogens is 464 g/mol. The van der Waals surface area contributed by atoms with Gasteiger partial charge in [-0.05, 0) is 44.9 Å². The van der Waals surface area contributed by atoms with Crippen LogP contribution in [0, 0.1) is 10.1 Å². The van der Waals surface area contributed by atoms with Gasteiger partial charge in [0, 0.05) is 17.5 Å². The molecule has 2 aromatic carbocycles. The average molecular weight is 493 g/mol. The molecule has 1 aliphatic rings. The lowest BCUT2D eigenvalue weighted by Crippen LogP contribution is -2.27. The smallest absolute Gasteiger partial charge is 0.347 e. The van der Waals surface area contributed by atoms with Gasteiger partial charge in [-0.3, -0.25) is 14.9 Å². The monoisotopic (exact) mass is 492 g/mol. The van der Waals surface area contributed by atoms with Crippen LogP contribution >= 0.6 is 0 Å². The first-order chi connectivity index (χ1) is 17.4. The molecule has 4 rings (SSSR count). The largest absolute Gasteiger partial charge is 0.471 e. The van der Waals surface area contributed by atoms with E-state index >= 15 is 0 Å². The lowest BCUT2D eigenvalue weighted by atomic mass is 9.88. The van der Waals surface area contributed by atoms with Crippen molar-refractivity contribution in [3.05, 3.63) is 74.3 Å². The van der Waals surface area contributed by atoms with Crippen molar-refractivity contribution >= 4 is 28.8 Å². The summed E-state index contributed by atoms with van der Waals surface area (Å²) >= 11 is 0. The van der Waals surface area contributed by atoms with Gasteiger partial charge in [-0.25, -0.2) is 9.78 Å². The van der Waals surface area contributed by atoms with Crippen LogP contribution in [0.2, 0.25) is 0 Å². The molecule has 1 fully saturated rings. The Hall–Kier alpha value is -4.08. The highest BCUT2D eigenvalue weighted by atomic mass is 16.6. The summed E-state index contributed by atoms with van der Waals surface area (Å²) in [7, 11) is 0. The van der Waals surface area contributed by atoms with Crippen LogP contribution in [-0.2, 0) is 9.53 Å². The van der Waals surface area contributed by atoms with Crippen molar-refractivity contribution in [3.8, 4) is 5.75 Å². The molecule has 0 amide bonds. The number of benzene rings is 2. The molecule has 0 spiro atoms. The summed E-state index contributed by atoms with van der Waals surface area (Å²) in [5.74, 6) is -0.124. The molecule has 0 saturated heterocycles. The van der Waals surface area contributed by atoms with Crippen LogP contribution < -0.4 is 10.3 Å². The Morgan fingerprint density at radius 1 is 1.22 bits per heavy atom. The highest BCUT2D eigenvalue weighted by Gasteiger charge is 2.25. The third-order valence-electron chi connectivity index (χ3n) is 6.20. The summed E-state index contributed by atoms with van der Waals surface area (Å²) in [5.41, 5.74) is 0.212. The first-order valence-electron chi connectivity index (χ1n) is 12.1. The fourth-order valence-electron chi connectivity index (χ4n) is 4.40. The number of aromatic nitrogens is 2. The molecule has 1 saturated carbocycles. The highest BCUT2D eigenvalue weighted by Crippen LogP contribution is 2.33. The van der Waals surface area contributed by atoms with Crippen LogP contribution in [0.5, 0.6) is 5.75 Å². The van der Waals surface area contributed by atoms with E-state index in [2.05, 4.69) is 5.10 Å². The van der Waals surface area contributed by atoms with Gasteiger partial charge in [0.05, 0.1) is 28.6 Å². The maximum absolute atomic E-state index is 13.4. The van der Waals surface area contributed by atoms with E-state index in [1.165, 1.54) is 29.9 Å². The molecule has 1 heterocycles. The normalized spacial score (nSPS) is 15.2. The lowest BCUT2D eigenvalue weighted by Gasteiger charge is -2.22. The number of carbonyl (C=O) groups excluding carboxylic acids is 1. The van der Waals surface area contributed by atoms with Crippen molar-refractivity contribution < 1.29 is 19.2 Å². The number of hydrogen-bond donors (Lipinski definition) is 0. The number of nitro benzene ring substituents is 1. The molecule has 0 unspecified atom stereocenters. The second-order valence-corrected chi connectivity index (χ2v) is 8.65. The number of nitrogens with zero attached hydrogens (tertiary/aromatic N) is 4. The molecule has 0 N–H and O–H groups in total. The van der Waals surface area contributed by atoms with Gasteiger partial charge in [-0.2, -0.15) is 9.78 Å². The molecule has 0 bridgehead atoms. The average Bonchev–Trinajstić information content (AvgIpc) is 2.89. The van der Waals surface area contributed by atoms with Gasteiger partial charge in [-0.15, -0.1) is 0 Å². The van der Waals surface area contributed by atoms with Crippen molar-refractivity contribution in [2.24, 2.45) is 5.10 Å². The molecule has 3 aromatic rings. The maximum Gasteiger partial charge on any atom is 0.347 e. The number of nitro groups is 1. The van der Waals surface area contributed by atoms with Crippen molar-refractivity contribution in [3.63, 3.8) is 0 Å². The number of ether oxygens (including phenoxy) is 2. The second-order valence-electron chi connectivity index (χ2n) is 8.65. The van der Waals surface area contributed by atoms with Gasteiger partial charge in [0.2, 0.25) is 5.75 Å². The topological polar surface area (TPSA) is 126 Å². The molecular formula is C26H28N4O6. The zero-order valence-corrected chi connectivity index (χ0v) is 20.3. The summed E-state index contributed by atoms with van der Waals surface area (Å²) < 4.78 is 11.9. The van der Waals surface area contributed by atoms with Gasteiger partial charge >= 0.3 is 11.7 Å². The zero-order valence-electron chi connectivity index (χ0n) is 20.3. The van der Waals surface area contributed by atoms with Crippen LogP contribution in [-0.4, -0.2) is 39.5 Å². The summed E-state index contributed by atoms with van der Waals surface area (Å²) in [6.07, 6.45) is 5.30. The molecule has 36 heavy (non-hydrogen) atoms. The van der Waals surface area contributed by atoms with E-state index in [0.29, 0.717) is 16.7 Å². The van der Waals surface area contributed by atoms with Gasteiger partial charge in [-0.1, -0.05) is 37.5 Å². The minimum atomic E-state index is -1.08. The number of hydrogen-bond acceptors (Lipinski definition) is 8. The molecule has 1 aliphatic carbocycles. The van der Waals surface area contributed by atoms with E-state index in [-0.39, 0.29) is 35.1 Å². The first-order valence-corrected chi connectivity index (χ1v) is 12.1. The third-order valence-corrected chi connectivity index (χ3v) is 6.20. The van der Waals surface area contributed by atoms with E-state index in [1.807, 2.05) is 6.07 Å². The van der Waals surface area contributed by atoms with Crippen LogP contribution in [0.4, 0.5) is 5.69 Å². The van der Waals surface area contributed by atoms with E-state index in [0.717, 1.165) is 32.1 Å². The quantitative estimate of drug-likeness (QED) is 0.195. The van der Waals surface area contributed by atoms with E-state index in [1.54, 1.807) is 31.2 Å². The van der Waals surface area contributed by atoms with Crippen molar-refractivity contribution in [1.82, 2.24) is 9.66 Å². The Morgan fingerprint density at radius 2 is 1.97 bits per heavy atom. The number of esters is 1. The van der Waals surface area contributed by atoms with Gasteiger partial charge < -0.3 is 9.47 Å². The van der Waals surface area contributed by atoms with Gasteiger partial charge in [0.15, 0.2) is 6.10 Å². The molecule has 1 aromatic heterocycles. The molecule has 188 valence electrons. The molecule has 10 heteroatoms. The molecule has 0 radical (unpaired) electrons. The maximum atomic E-state index is 13.4. The minimum Gasteiger partial charge on any atom is -0.471 e. The number of carbonyl (C=O) groups is 1. The lowest BCUT2D eigenvalue weighted by molar-refractivity contribution is -0.386. The van der Waals surface area contributed by atoms with E-state index < -0.39 is 17.0 Å². The summed E-state index contributed by atoms with van der Waals surface area (Å²) in [6.45, 7) is 3.26. The predicted octanol–water partition coefficient (Wildman–Crippen LogP) is 4.57. The zero-order chi connectivity index (χ0) is 25.7. The van der Waals surface area contributed by atoms with Crippen LogP contribution in [0.3, 0.4) is 0 Å². The Balaban J connectivity index is 1.80. The summed E-state index contributed by atoms with van der Waals surface area (Å²) in [5, 5.41) is 16.6. The Labute approximate surface area is 207 Å². The Kier molecular flexibility index (Phi) is 7.72. The Bertz CT molecular complexity index is 1360. The molecule has 10 nitrogen and oxygen atoms in total. The fourth-order valence-corrected chi connectivity index (χ4v) is 4.40. The van der Waals surface area contributed by atoms with E-state index in [4.69, 9.17) is 14.5 Å². The minimum absolute atomic E-state index is 0.0814. The van der Waals surface area contributed by atoms with Gasteiger partial charge in [0.1, 0.15) is 5.82 Å². The second kappa shape index (κ2) is 11.1. The number of para-hydroxylation sites is 2. The standard InChI is InChI=1S/C26H28N4O6/c1-3-35-26(32)17(2)36-23-19(12-9-15-22(23)30(33)34)16-27-29-24(18-10-5-4-6-11-18)28-21-14-8-7-13-20(21)25(29)31/h7-9,12-18H,3-6,10-11H2,1-2H3/t17-/m1/s1. The van der Waals surface area contributed by atoms with E-state index in [9.17, 15) is 19.7 Å². The SMILES string of the molecule is CCOC(=O)[C@@H](C)Oc1c(C=Nn2c(C3CCCCC3)nc3ccccc3c2=O)cccc1[N+](=O)[O-]. The van der Waals surface area contributed by atoms with Crippen molar-refractivity contribution in [1.29, 1.82) is 0 Å².